The zero-order valence-electron chi connectivity index (χ0n) is 12.4. The van der Waals surface area contributed by atoms with Gasteiger partial charge in [0.15, 0.2) is 0 Å². The van der Waals surface area contributed by atoms with E-state index >= 15 is 0 Å². The van der Waals surface area contributed by atoms with Gasteiger partial charge in [0.05, 0.1) is 13.0 Å². The second kappa shape index (κ2) is 8.24. The molecule has 4 nitrogen and oxygen atoms in total. The minimum atomic E-state index is -0.744. The molecule has 0 fully saturated rings. The van der Waals surface area contributed by atoms with E-state index in [2.05, 4.69) is 5.32 Å². The normalized spacial score (nSPS) is 10.4. The zero-order chi connectivity index (χ0) is 16.7. The molecular weight excluding hydrogens is 304 g/mol. The van der Waals surface area contributed by atoms with E-state index in [1.807, 2.05) is 0 Å². The first-order valence-electron chi connectivity index (χ1n) is 7.12. The van der Waals surface area contributed by atoms with Crippen molar-refractivity contribution in [2.24, 2.45) is 0 Å². The maximum Gasteiger partial charge on any atom is 0.224 e. The van der Waals surface area contributed by atoms with Crippen LogP contribution < -0.4 is 10.1 Å². The third-order valence-electron chi connectivity index (χ3n) is 3.16. The summed E-state index contributed by atoms with van der Waals surface area (Å²) in [5, 5.41) is 11.5. The number of benzene rings is 2. The number of amides is 1. The van der Waals surface area contributed by atoms with E-state index in [4.69, 9.17) is 9.84 Å². The summed E-state index contributed by atoms with van der Waals surface area (Å²) in [6, 6.07) is 10.2. The topological polar surface area (TPSA) is 58.6 Å². The molecule has 0 saturated heterocycles. The van der Waals surface area contributed by atoms with Gasteiger partial charge in [-0.3, -0.25) is 4.79 Å². The fourth-order valence-corrected chi connectivity index (χ4v) is 2.04. The van der Waals surface area contributed by atoms with Gasteiger partial charge < -0.3 is 15.2 Å². The molecule has 0 spiro atoms. The van der Waals surface area contributed by atoms with Crippen molar-refractivity contribution in [2.75, 3.05) is 13.2 Å². The fraction of sp³-hybridized carbons (Fsp3) is 0.235. The Morgan fingerprint density at radius 3 is 2.65 bits per heavy atom. The molecule has 0 saturated carbocycles. The summed E-state index contributed by atoms with van der Waals surface area (Å²) in [6.07, 6.45) is -0.175. The molecule has 0 aliphatic heterocycles. The number of aliphatic hydroxyl groups excluding tert-OH is 1. The van der Waals surface area contributed by atoms with Crippen LogP contribution >= 0.6 is 0 Å². The third kappa shape index (κ3) is 5.03. The molecule has 0 aliphatic carbocycles. The van der Waals surface area contributed by atoms with Gasteiger partial charge >= 0.3 is 0 Å². The van der Waals surface area contributed by atoms with Crippen molar-refractivity contribution in [3.63, 3.8) is 0 Å². The average molecular weight is 321 g/mol. The molecule has 2 rings (SSSR count). The van der Waals surface area contributed by atoms with Crippen LogP contribution in [0.15, 0.2) is 42.5 Å². The second-order valence-electron chi connectivity index (χ2n) is 4.87. The molecule has 0 bridgehead atoms. The lowest BCUT2D eigenvalue weighted by atomic mass is 10.1. The summed E-state index contributed by atoms with van der Waals surface area (Å²) in [5.74, 6) is -1.24. The van der Waals surface area contributed by atoms with Crippen LogP contribution in [0.3, 0.4) is 0 Å². The quantitative estimate of drug-likeness (QED) is 0.822. The highest BCUT2D eigenvalue weighted by Crippen LogP contribution is 2.17. The van der Waals surface area contributed by atoms with Crippen LogP contribution in [0.2, 0.25) is 0 Å². The van der Waals surface area contributed by atoms with Gasteiger partial charge in [0.1, 0.15) is 24.0 Å². The minimum absolute atomic E-state index is 0.107. The van der Waals surface area contributed by atoms with Crippen LogP contribution in [-0.4, -0.2) is 24.2 Å². The molecule has 0 atom stereocenters. The third-order valence-corrected chi connectivity index (χ3v) is 3.16. The molecule has 0 heterocycles. The number of hydrogen-bond donors (Lipinski definition) is 2. The number of carbonyl (C=O) groups excluding carboxylic acids is 1. The molecule has 0 unspecified atom stereocenters. The van der Waals surface area contributed by atoms with Gasteiger partial charge in [0.25, 0.3) is 0 Å². The Hall–Kier alpha value is -2.47. The molecule has 2 aromatic rings. The lowest BCUT2D eigenvalue weighted by molar-refractivity contribution is -0.120. The van der Waals surface area contributed by atoms with Crippen molar-refractivity contribution in [2.45, 2.75) is 13.0 Å². The molecule has 0 aromatic heterocycles. The summed E-state index contributed by atoms with van der Waals surface area (Å²) in [6.45, 7) is 0.263. The molecule has 0 aliphatic rings. The van der Waals surface area contributed by atoms with E-state index in [0.29, 0.717) is 5.75 Å². The Kier molecular flexibility index (Phi) is 6.05. The Bertz CT molecular complexity index is 677. The summed E-state index contributed by atoms with van der Waals surface area (Å²) in [4.78, 5) is 11.9. The van der Waals surface area contributed by atoms with Crippen LogP contribution in [0.5, 0.6) is 5.75 Å². The predicted octanol–water partition coefficient (Wildman–Crippen LogP) is 2.19. The van der Waals surface area contributed by atoms with E-state index in [0.717, 1.165) is 17.7 Å². The molecule has 2 aromatic carbocycles. The minimum Gasteiger partial charge on any atom is -0.491 e. The highest BCUT2D eigenvalue weighted by atomic mass is 19.1. The standard InChI is InChI=1S/C17H17F2NO3/c18-14-6-5-12(15(19)10-14)9-17(22)20-11-13-3-1-2-4-16(13)23-8-7-21/h1-6,10,21H,7-9,11H2,(H,20,22). The van der Waals surface area contributed by atoms with E-state index in [-0.39, 0.29) is 37.6 Å². The Balaban J connectivity index is 1.94. The molecule has 23 heavy (non-hydrogen) atoms. The predicted molar refractivity (Wildman–Crippen MR) is 80.9 cm³/mol. The number of carbonyl (C=O) groups is 1. The number of para-hydroxylation sites is 1. The average Bonchev–Trinajstić information content (AvgIpc) is 2.54. The molecule has 122 valence electrons. The van der Waals surface area contributed by atoms with Crippen LogP contribution in [0.4, 0.5) is 8.78 Å². The van der Waals surface area contributed by atoms with Crippen molar-refractivity contribution >= 4 is 5.91 Å². The summed E-state index contributed by atoms with van der Waals surface area (Å²) in [5.41, 5.74) is 0.877. The number of halogens is 2. The van der Waals surface area contributed by atoms with Crippen molar-refractivity contribution in [1.29, 1.82) is 0 Å². The van der Waals surface area contributed by atoms with Crippen molar-refractivity contribution in [3.8, 4) is 5.75 Å². The van der Waals surface area contributed by atoms with E-state index in [9.17, 15) is 13.6 Å². The number of hydrogen-bond acceptors (Lipinski definition) is 3. The van der Waals surface area contributed by atoms with E-state index in [1.54, 1.807) is 24.3 Å². The zero-order valence-corrected chi connectivity index (χ0v) is 12.4. The molecule has 1 amide bonds. The maximum absolute atomic E-state index is 13.5. The largest absolute Gasteiger partial charge is 0.491 e. The van der Waals surface area contributed by atoms with Gasteiger partial charge in [-0.2, -0.15) is 0 Å². The number of nitrogens with one attached hydrogen (secondary N) is 1. The summed E-state index contributed by atoms with van der Waals surface area (Å²) >= 11 is 0. The monoisotopic (exact) mass is 321 g/mol. The highest BCUT2D eigenvalue weighted by Gasteiger charge is 2.10. The van der Waals surface area contributed by atoms with Crippen molar-refractivity contribution < 1.29 is 23.4 Å². The maximum atomic E-state index is 13.5. The van der Waals surface area contributed by atoms with Crippen LogP contribution in [0.1, 0.15) is 11.1 Å². The van der Waals surface area contributed by atoms with E-state index < -0.39 is 11.6 Å². The first-order chi connectivity index (χ1) is 11.1. The van der Waals surface area contributed by atoms with Gasteiger partial charge in [0.2, 0.25) is 5.91 Å². The number of aliphatic hydroxyl groups is 1. The summed E-state index contributed by atoms with van der Waals surface area (Å²) in [7, 11) is 0. The van der Waals surface area contributed by atoms with Gasteiger partial charge in [-0.15, -0.1) is 0 Å². The lowest BCUT2D eigenvalue weighted by Gasteiger charge is -2.11. The lowest BCUT2D eigenvalue weighted by Crippen LogP contribution is -2.25. The van der Waals surface area contributed by atoms with Gasteiger partial charge in [-0.25, -0.2) is 8.78 Å². The van der Waals surface area contributed by atoms with Crippen LogP contribution in [-0.2, 0) is 17.8 Å². The van der Waals surface area contributed by atoms with Gasteiger partial charge in [0, 0.05) is 18.2 Å². The molecular formula is C17H17F2NO3. The van der Waals surface area contributed by atoms with Crippen LogP contribution in [0, 0.1) is 11.6 Å². The van der Waals surface area contributed by atoms with Gasteiger partial charge in [-0.1, -0.05) is 24.3 Å². The number of rotatable bonds is 7. The Morgan fingerprint density at radius 1 is 1.13 bits per heavy atom. The smallest absolute Gasteiger partial charge is 0.224 e. The van der Waals surface area contributed by atoms with Gasteiger partial charge in [-0.05, 0) is 17.7 Å². The van der Waals surface area contributed by atoms with Crippen molar-refractivity contribution in [1.82, 2.24) is 5.32 Å². The molecule has 6 heteroatoms. The SMILES string of the molecule is O=C(Cc1ccc(F)cc1F)NCc1ccccc1OCCO. The first kappa shape index (κ1) is 16.9. The molecule has 0 radical (unpaired) electrons. The van der Waals surface area contributed by atoms with Crippen LogP contribution in [0.25, 0.3) is 0 Å². The molecule has 2 N–H and O–H groups in total. The fourth-order valence-electron chi connectivity index (χ4n) is 2.04. The number of ether oxygens (including phenoxy) is 1. The first-order valence-corrected chi connectivity index (χ1v) is 7.12. The Labute approximate surface area is 132 Å². The van der Waals surface area contributed by atoms with E-state index in [1.165, 1.54) is 6.07 Å². The Morgan fingerprint density at radius 2 is 1.91 bits per heavy atom. The summed E-state index contributed by atoms with van der Waals surface area (Å²) < 4.78 is 31.7. The van der Waals surface area contributed by atoms with Crippen molar-refractivity contribution in [3.05, 3.63) is 65.2 Å². The highest BCUT2D eigenvalue weighted by molar-refractivity contribution is 5.78. The second-order valence-corrected chi connectivity index (χ2v) is 4.87.